The Labute approximate surface area is 128 Å². The first-order chi connectivity index (χ1) is 10.2. The minimum absolute atomic E-state index is 0.197. The number of anilines is 1. The number of hydrogen-bond donors (Lipinski definition) is 0. The van der Waals surface area contributed by atoms with Crippen LogP contribution in [0.4, 0.5) is 5.82 Å². The number of aryl methyl sites for hydroxylation is 1. The second-order valence-electron chi connectivity index (χ2n) is 5.09. The minimum atomic E-state index is 0.197. The fourth-order valence-corrected chi connectivity index (χ4v) is 3.24. The lowest BCUT2D eigenvalue weighted by Crippen LogP contribution is -2.49. The molecule has 0 N–H and O–H groups in total. The number of aromatic nitrogens is 2. The first kappa shape index (κ1) is 14.0. The predicted octanol–water partition coefficient (Wildman–Crippen LogP) is 1.74. The molecule has 1 aliphatic heterocycles. The van der Waals surface area contributed by atoms with Gasteiger partial charge in [-0.15, -0.1) is 11.3 Å². The number of amides is 1. The molecule has 1 saturated heterocycles. The molecule has 0 spiro atoms. The van der Waals surface area contributed by atoms with Gasteiger partial charge in [0.1, 0.15) is 5.82 Å². The van der Waals surface area contributed by atoms with Crippen LogP contribution in [0.15, 0.2) is 29.9 Å². The summed E-state index contributed by atoms with van der Waals surface area (Å²) < 4.78 is 0. The molecule has 1 aliphatic rings. The molecule has 0 radical (unpaired) electrons. The molecule has 0 saturated carbocycles. The van der Waals surface area contributed by atoms with Crippen LogP contribution in [0.1, 0.15) is 10.6 Å². The van der Waals surface area contributed by atoms with Gasteiger partial charge in [-0.1, -0.05) is 6.07 Å². The van der Waals surface area contributed by atoms with Crippen LogP contribution < -0.4 is 4.90 Å². The van der Waals surface area contributed by atoms with Gasteiger partial charge >= 0.3 is 0 Å². The topological polar surface area (TPSA) is 49.3 Å². The number of hydrogen-bond acceptors (Lipinski definition) is 5. The molecule has 2 aromatic rings. The molecule has 0 aromatic carbocycles. The van der Waals surface area contributed by atoms with Gasteiger partial charge in [-0.2, -0.15) is 0 Å². The van der Waals surface area contributed by atoms with Crippen LogP contribution in [0.3, 0.4) is 0 Å². The maximum absolute atomic E-state index is 12.3. The van der Waals surface area contributed by atoms with Crippen molar-refractivity contribution in [3.8, 4) is 0 Å². The molecule has 2 aromatic heterocycles. The summed E-state index contributed by atoms with van der Waals surface area (Å²) in [6, 6.07) is 5.92. The molecular formula is C15H18N4OS. The summed E-state index contributed by atoms with van der Waals surface area (Å²) in [7, 11) is 0. The quantitative estimate of drug-likeness (QED) is 0.866. The fraction of sp³-hybridized carbons (Fsp3) is 0.400. The Morgan fingerprint density at radius 1 is 1.24 bits per heavy atom. The highest BCUT2D eigenvalue weighted by Crippen LogP contribution is 2.16. The Kier molecular flexibility index (Phi) is 4.15. The Balaban J connectivity index is 1.56. The van der Waals surface area contributed by atoms with Crippen LogP contribution in [0.25, 0.3) is 0 Å². The van der Waals surface area contributed by atoms with Crippen molar-refractivity contribution in [2.24, 2.45) is 0 Å². The predicted molar refractivity (Wildman–Crippen MR) is 83.6 cm³/mol. The summed E-state index contributed by atoms with van der Waals surface area (Å²) >= 11 is 1.56. The lowest BCUT2D eigenvalue weighted by Gasteiger charge is -2.35. The zero-order chi connectivity index (χ0) is 14.7. The number of carbonyl (C=O) groups is 1. The summed E-state index contributed by atoms with van der Waals surface area (Å²) in [6.45, 7) is 5.15. The molecule has 1 amide bonds. The van der Waals surface area contributed by atoms with Crippen molar-refractivity contribution in [3.63, 3.8) is 0 Å². The SMILES string of the molecule is Cc1ncsc1CC(=O)N1CCN(c2ccccn2)CC1. The van der Waals surface area contributed by atoms with Crippen LogP contribution in [0, 0.1) is 6.92 Å². The molecule has 0 bridgehead atoms. The van der Waals surface area contributed by atoms with Crippen molar-refractivity contribution in [1.29, 1.82) is 0 Å². The zero-order valence-corrected chi connectivity index (χ0v) is 12.8. The highest BCUT2D eigenvalue weighted by Gasteiger charge is 2.22. The smallest absolute Gasteiger partial charge is 0.228 e. The fourth-order valence-electron chi connectivity index (χ4n) is 2.47. The zero-order valence-electron chi connectivity index (χ0n) is 12.0. The average Bonchev–Trinajstić information content (AvgIpc) is 2.93. The number of thiazole rings is 1. The lowest BCUT2D eigenvalue weighted by atomic mass is 10.2. The van der Waals surface area contributed by atoms with Crippen molar-refractivity contribution in [2.45, 2.75) is 13.3 Å². The summed E-state index contributed by atoms with van der Waals surface area (Å²) in [4.78, 5) is 26.1. The second kappa shape index (κ2) is 6.22. The normalized spacial score (nSPS) is 15.3. The molecule has 21 heavy (non-hydrogen) atoms. The van der Waals surface area contributed by atoms with E-state index in [1.807, 2.05) is 30.0 Å². The van der Waals surface area contributed by atoms with Crippen molar-refractivity contribution < 1.29 is 4.79 Å². The van der Waals surface area contributed by atoms with Gasteiger partial charge in [0, 0.05) is 37.3 Å². The average molecular weight is 302 g/mol. The first-order valence-corrected chi connectivity index (χ1v) is 7.95. The maximum Gasteiger partial charge on any atom is 0.228 e. The van der Waals surface area contributed by atoms with Crippen molar-refractivity contribution in [3.05, 3.63) is 40.5 Å². The molecule has 110 valence electrons. The Bertz CT molecular complexity index is 605. The summed E-state index contributed by atoms with van der Waals surface area (Å²) in [6.07, 6.45) is 2.28. The number of carbonyl (C=O) groups excluding carboxylic acids is 1. The van der Waals surface area contributed by atoms with Gasteiger partial charge < -0.3 is 9.80 Å². The molecule has 0 unspecified atom stereocenters. The standard InChI is InChI=1S/C15H18N4OS/c1-12-13(21-11-17-12)10-15(20)19-8-6-18(7-9-19)14-4-2-3-5-16-14/h2-5,11H,6-10H2,1H3. The molecular weight excluding hydrogens is 284 g/mol. The Morgan fingerprint density at radius 3 is 2.67 bits per heavy atom. The van der Waals surface area contributed by atoms with E-state index in [0.29, 0.717) is 6.42 Å². The first-order valence-electron chi connectivity index (χ1n) is 7.07. The van der Waals surface area contributed by atoms with Gasteiger partial charge in [-0.05, 0) is 19.1 Å². The minimum Gasteiger partial charge on any atom is -0.353 e. The number of pyridine rings is 1. The van der Waals surface area contributed by atoms with E-state index in [9.17, 15) is 4.79 Å². The monoisotopic (exact) mass is 302 g/mol. The molecule has 1 fully saturated rings. The molecule has 6 heteroatoms. The number of piperazine rings is 1. The third-order valence-electron chi connectivity index (χ3n) is 3.76. The lowest BCUT2D eigenvalue weighted by molar-refractivity contribution is -0.130. The van der Waals surface area contributed by atoms with E-state index in [1.54, 1.807) is 23.0 Å². The second-order valence-corrected chi connectivity index (χ2v) is 6.03. The van der Waals surface area contributed by atoms with Gasteiger partial charge in [0.25, 0.3) is 0 Å². The highest BCUT2D eigenvalue weighted by molar-refractivity contribution is 7.09. The van der Waals surface area contributed by atoms with E-state index in [4.69, 9.17) is 0 Å². The van der Waals surface area contributed by atoms with Gasteiger partial charge in [0.2, 0.25) is 5.91 Å². The van der Waals surface area contributed by atoms with Crippen LogP contribution in [0.2, 0.25) is 0 Å². The van der Waals surface area contributed by atoms with Gasteiger partial charge in [-0.25, -0.2) is 9.97 Å². The molecule has 0 atom stereocenters. The van der Waals surface area contributed by atoms with E-state index in [1.165, 1.54) is 0 Å². The molecule has 3 rings (SSSR count). The number of nitrogens with zero attached hydrogens (tertiary/aromatic N) is 4. The van der Waals surface area contributed by atoms with E-state index in [0.717, 1.165) is 42.6 Å². The molecule has 3 heterocycles. The molecule has 5 nitrogen and oxygen atoms in total. The van der Waals surface area contributed by atoms with E-state index >= 15 is 0 Å². The van der Waals surface area contributed by atoms with Crippen LogP contribution in [0.5, 0.6) is 0 Å². The van der Waals surface area contributed by atoms with Crippen molar-refractivity contribution in [2.75, 3.05) is 31.1 Å². The van der Waals surface area contributed by atoms with Crippen LogP contribution in [-0.2, 0) is 11.2 Å². The summed E-state index contributed by atoms with van der Waals surface area (Å²) in [5.74, 6) is 1.19. The van der Waals surface area contributed by atoms with Crippen LogP contribution >= 0.6 is 11.3 Å². The Hall–Kier alpha value is -1.95. The van der Waals surface area contributed by atoms with Crippen molar-refractivity contribution in [1.82, 2.24) is 14.9 Å². The van der Waals surface area contributed by atoms with Gasteiger partial charge in [-0.3, -0.25) is 4.79 Å². The Morgan fingerprint density at radius 2 is 2.05 bits per heavy atom. The van der Waals surface area contributed by atoms with E-state index < -0.39 is 0 Å². The number of rotatable bonds is 3. The largest absolute Gasteiger partial charge is 0.353 e. The van der Waals surface area contributed by atoms with E-state index in [-0.39, 0.29) is 5.91 Å². The van der Waals surface area contributed by atoms with Crippen LogP contribution in [-0.4, -0.2) is 47.0 Å². The summed E-state index contributed by atoms with van der Waals surface area (Å²) in [5, 5.41) is 0. The third-order valence-corrected chi connectivity index (χ3v) is 4.70. The van der Waals surface area contributed by atoms with Gasteiger partial charge in [0.15, 0.2) is 0 Å². The third kappa shape index (κ3) is 3.21. The van der Waals surface area contributed by atoms with E-state index in [2.05, 4.69) is 14.9 Å². The van der Waals surface area contributed by atoms with Gasteiger partial charge in [0.05, 0.1) is 17.6 Å². The van der Waals surface area contributed by atoms with Crippen molar-refractivity contribution >= 4 is 23.1 Å². The molecule has 0 aliphatic carbocycles. The maximum atomic E-state index is 12.3. The summed E-state index contributed by atoms with van der Waals surface area (Å²) in [5.41, 5.74) is 2.78. The highest BCUT2D eigenvalue weighted by atomic mass is 32.1.